The van der Waals surface area contributed by atoms with Crippen molar-refractivity contribution in [3.05, 3.63) is 84.4 Å². The molecule has 1 amide bonds. The van der Waals surface area contributed by atoms with Gasteiger partial charge in [0.05, 0.1) is 11.3 Å². The number of sulfonamides is 1. The highest BCUT2D eigenvalue weighted by atomic mass is 32.2. The van der Waals surface area contributed by atoms with Gasteiger partial charge in [0.15, 0.2) is 0 Å². The van der Waals surface area contributed by atoms with Gasteiger partial charge in [0.2, 0.25) is 5.91 Å². The van der Waals surface area contributed by atoms with E-state index in [2.05, 4.69) is 15.0 Å². The Labute approximate surface area is 156 Å². The Morgan fingerprint density at radius 3 is 2.15 bits per heavy atom. The van der Waals surface area contributed by atoms with Crippen molar-refractivity contribution in [1.29, 1.82) is 0 Å². The first-order valence-corrected chi connectivity index (χ1v) is 9.48. The van der Waals surface area contributed by atoms with Crippen LogP contribution in [0.3, 0.4) is 0 Å². The summed E-state index contributed by atoms with van der Waals surface area (Å²) in [7, 11) is -3.81. The molecule has 3 aromatic rings. The number of pyridine rings is 1. The lowest BCUT2D eigenvalue weighted by Crippen LogP contribution is -2.15. The van der Waals surface area contributed by atoms with Crippen molar-refractivity contribution in [2.75, 3.05) is 10.0 Å². The molecule has 0 fully saturated rings. The molecule has 0 saturated heterocycles. The number of anilines is 2. The number of aromatic nitrogens is 1. The van der Waals surface area contributed by atoms with E-state index in [-0.39, 0.29) is 17.2 Å². The van der Waals surface area contributed by atoms with E-state index in [1.165, 1.54) is 12.1 Å². The standard InChI is InChI=1S/C19H16FN3O3S/c20-15-3-7-18(8-4-15)27(25,26)23-17-5-1-14(2-6-17)13-19(24)22-16-9-11-21-12-10-16/h1-12,23H,13H2,(H,21,22,24). The minimum absolute atomic E-state index is 0.0373. The molecule has 1 heterocycles. The van der Waals surface area contributed by atoms with Gasteiger partial charge in [-0.3, -0.25) is 14.5 Å². The molecule has 2 aromatic carbocycles. The summed E-state index contributed by atoms with van der Waals surface area (Å²) >= 11 is 0. The number of nitrogens with one attached hydrogen (secondary N) is 2. The summed E-state index contributed by atoms with van der Waals surface area (Å²) in [6.45, 7) is 0. The number of hydrogen-bond donors (Lipinski definition) is 2. The number of hydrogen-bond acceptors (Lipinski definition) is 4. The van der Waals surface area contributed by atoms with Crippen molar-refractivity contribution in [1.82, 2.24) is 4.98 Å². The SMILES string of the molecule is O=C(Cc1ccc(NS(=O)(=O)c2ccc(F)cc2)cc1)Nc1ccncc1. The average molecular weight is 385 g/mol. The van der Waals surface area contributed by atoms with E-state index in [1.54, 1.807) is 48.8 Å². The predicted molar refractivity (Wildman–Crippen MR) is 100 cm³/mol. The third-order valence-corrected chi connectivity index (χ3v) is 5.06. The summed E-state index contributed by atoms with van der Waals surface area (Å²) in [5.74, 6) is -0.704. The number of benzene rings is 2. The van der Waals surface area contributed by atoms with Crippen molar-refractivity contribution < 1.29 is 17.6 Å². The molecule has 0 bridgehead atoms. The molecule has 1 aromatic heterocycles. The van der Waals surface area contributed by atoms with Gasteiger partial charge < -0.3 is 5.32 Å². The van der Waals surface area contributed by atoms with Crippen LogP contribution < -0.4 is 10.0 Å². The number of carbonyl (C=O) groups is 1. The molecule has 0 saturated carbocycles. The number of carbonyl (C=O) groups excluding carboxylic acids is 1. The molecule has 8 heteroatoms. The maximum Gasteiger partial charge on any atom is 0.261 e. The van der Waals surface area contributed by atoms with Crippen molar-refractivity contribution in [2.24, 2.45) is 0 Å². The zero-order valence-corrected chi connectivity index (χ0v) is 14.9. The molecular weight excluding hydrogens is 369 g/mol. The molecular formula is C19H16FN3O3S. The minimum atomic E-state index is -3.81. The van der Waals surface area contributed by atoms with Crippen molar-refractivity contribution >= 4 is 27.3 Å². The topological polar surface area (TPSA) is 88.2 Å². The van der Waals surface area contributed by atoms with E-state index in [1.807, 2.05) is 0 Å². The average Bonchev–Trinajstić information content (AvgIpc) is 2.64. The van der Waals surface area contributed by atoms with Crippen molar-refractivity contribution in [2.45, 2.75) is 11.3 Å². The van der Waals surface area contributed by atoms with Gasteiger partial charge >= 0.3 is 0 Å². The second-order valence-corrected chi connectivity index (χ2v) is 7.40. The third-order valence-electron chi connectivity index (χ3n) is 3.66. The first-order chi connectivity index (χ1) is 12.9. The summed E-state index contributed by atoms with van der Waals surface area (Å²) < 4.78 is 39.9. The van der Waals surface area contributed by atoms with Gasteiger partial charge in [-0.25, -0.2) is 12.8 Å². The highest BCUT2D eigenvalue weighted by Crippen LogP contribution is 2.17. The van der Waals surface area contributed by atoms with Crippen LogP contribution in [0.1, 0.15) is 5.56 Å². The van der Waals surface area contributed by atoms with Crippen LogP contribution in [0, 0.1) is 5.82 Å². The second-order valence-electron chi connectivity index (χ2n) is 5.72. The third kappa shape index (κ3) is 5.11. The molecule has 0 aliphatic heterocycles. The highest BCUT2D eigenvalue weighted by Gasteiger charge is 2.14. The molecule has 0 unspecified atom stereocenters. The monoisotopic (exact) mass is 385 g/mol. The van der Waals surface area contributed by atoms with Crippen LogP contribution in [0.4, 0.5) is 15.8 Å². The second kappa shape index (κ2) is 7.96. The van der Waals surface area contributed by atoms with Crippen LogP contribution in [0.15, 0.2) is 78.0 Å². The smallest absolute Gasteiger partial charge is 0.261 e. The van der Waals surface area contributed by atoms with E-state index >= 15 is 0 Å². The van der Waals surface area contributed by atoms with E-state index < -0.39 is 15.8 Å². The van der Waals surface area contributed by atoms with E-state index in [9.17, 15) is 17.6 Å². The van der Waals surface area contributed by atoms with E-state index in [0.29, 0.717) is 11.4 Å². The Morgan fingerprint density at radius 1 is 0.889 bits per heavy atom. The van der Waals surface area contributed by atoms with Crippen LogP contribution in [0.5, 0.6) is 0 Å². The zero-order chi connectivity index (χ0) is 19.3. The summed E-state index contributed by atoms with van der Waals surface area (Å²) in [4.78, 5) is 15.9. The maximum absolute atomic E-state index is 12.9. The molecule has 0 aliphatic rings. The van der Waals surface area contributed by atoms with Gasteiger partial charge in [0, 0.05) is 23.8 Å². The summed E-state index contributed by atoms with van der Waals surface area (Å²) in [6, 6.07) is 14.4. The fourth-order valence-electron chi connectivity index (χ4n) is 2.34. The van der Waals surface area contributed by atoms with Crippen LogP contribution in [0.2, 0.25) is 0 Å². The molecule has 2 N–H and O–H groups in total. The van der Waals surface area contributed by atoms with Gasteiger partial charge in [-0.15, -0.1) is 0 Å². The summed E-state index contributed by atoms with van der Waals surface area (Å²) in [6.07, 6.45) is 3.31. The van der Waals surface area contributed by atoms with Crippen LogP contribution in [-0.4, -0.2) is 19.3 Å². The molecule has 0 spiro atoms. The quantitative estimate of drug-likeness (QED) is 0.682. The lowest BCUT2D eigenvalue weighted by atomic mass is 10.1. The fraction of sp³-hybridized carbons (Fsp3) is 0.0526. The van der Waals surface area contributed by atoms with Gasteiger partial charge in [-0.05, 0) is 54.1 Å². The predicted octanol–water partition coefficient (Wildman–Crippen LogP) is 3.20. The number of amides is 1. The normalized spacial score (nSPS) is 11.0. The molecule has 138 valence electrons. The van der Waals surface area contributed by atoms with Gasteiger partial charge in [0.1, 0.15) is 5.82 Å². The largest absolute Gasteiger partial charge is 0.326 e. The molecule has 0 radical (unpaired) electrons. The Balaban J connectivity index is 1.63. The zero-order valence-electron chi connectivity index (χ0n) is 14.1. The van der Waals surface area contributed by atoms with Crippen LogP contribution >= 0.6 is 0 Å². The highest BCUT2D eigenvalue weighted by molar-refractivity contribution is 7.92. The molecule has 0 aliphatic carbocycles. The molecule has 0 atom stereocenters. The van der Waals surface area contributed by atoms with Crippen molar-refractivity contribution in [3.63, 3.8) is 0 Å². The minimum Gasteiger partial charge on any atom is -0.326 e. The van der Waals surface area contributed by atoms with E-state index in [0.717, 1.165) is 17.7 Å². The maximum atomic E-state index is 12.9. The van der Waals surface area contributed by atoms with Gasteiger partial charge in [-0.2, -0.15) is 0 Å². The lowest BCUT2D eigenvalue weighted by molar-refractivity contribution is -0.115. The molecule has 3 rings (SSSR count). The van der Waals surface area contributed by atoms with Gasteiger partial charge in [0.25, 0.3) is 10.0 Å². The Morgan fingerprint density at radius 2 is 1.52 bits per heavy atom. The summed E-state index contributed by atoms with van der Waals surface area (Å²) in [5.41, 5.74) is 1.72. The first-order valence-electron chi connectivity index (χ1n) is 7.99. The number of nitrogens with zero attached hydrogens (tertiary/aromatic N) is 1. The Kier molecular flexibility index (Phi) is 5.46. The Hall–Kier alpha value is -3.26. The summed E-state index contributed by atoms with van der Waals surface area (Å²) in [5, 5.41) is 2.75. The first kappa shape index (κ1) is 18.5. The number of halogens is 1. The fourth-order valence-corrected chi connectivity index (χ4v) is 3.40. The Bertz CT molecular complexity index is 1020. The van der Waals surface area contributed by atoms with Crippen LogP contribution in [0.25, 0.3) is 0 Å². The van der Waals surface area contributed by atoms with E-state index in [4.69, 9.17) is 0 Å². The lowest BCUT2D eigenvalue weighted by Gasteiger charge is -2.09. The molecule has 6 nitrogen and oxygen atoms in total. The molecule has 27 heavy (non-hydrogen) atoms. The van der Waals surface area contributed by atoms with Crippen molar-refractivity contribution in [3.8, 4) is 0 Å². The number of rotatable bonds is 6. The van der Waals surface area contributed by atoms with Gasteiger partial charge in [-0.1, -0.05) is 12.1 Å². The van der Waals surface area contributed by atoms with Crippen LogP contribution in [-0.2, 0) is 21.2 Å².